The third-order valence-electron chi connectivity index (χ3n) is 5.17. The maximum atomic E-state index is 14.0. The number of aromatic nitrogens is 3. The second kappa shape index (κ2) is 9.40. The number of hydrogen-bond donors (Lipinski definition) is 1. The van der Waals surface area contributed by atoms with Crippen LogP contribution in [0, 0.1) is 5.82 Å². The Hall–Kier alpha value is -2.71. The summed E-state index contributed by atoms with van der Waals surface area (Å²) in [6.07, 6.45) is 0.949. The molecule has 2 heterocycles. The van der Waals surface area contributed by atoms with E-state index in [2.05, 4.69) is 32.5 Å². The SMILES string of the molecule is Cn1c(SCC(=O)N[C@H]2CCN(Cc3ccccc3)C2)nnc1-c1ccccc1F. The van der Waals surface area contributed by atoms with Crippen LogP contribution in [0.3, 0.4) is 0 Å². The van der Waals surface area contributed by atoms with Gasteiger partial charge in [-0.05, 0) is 24.1 Å². The van der Waals surface area contributed by atoms with Crippen LogP contribution < -0.4 is 5.32 Å². The number of benzene rings is 2. The summed E-state index contributed by atoms with van der Waals surface area (Å²) in [5.41, 5.74) is 1.68. The largest absolute Gasteiger partial charge is 0.351 e. The fraction of sp³-hybridized carbons (Fsp3) is 0.318. The maximum Gasteiger partial charge on any atom is 0.230 e. The van der Waals surface area contributed by atoms with Crippen molar-refractivity contribution in [3.05, 3.63) is 66.0 Å². The predicted molar refractivity (Wildman–Crippen MR) is 115 cm³/mol. The molecule has 0 spiro atoms. The zero-order valence-corrected chi connectivity index (χ0v) is 17.6. The van der Waals surface area contributed by atoms with E-state index in [0.29, 0.717) is 16.5 Å². The highest BCUT2D eigenvalue weighted by atomic mass is 32.2. The number of halogens is 1. The lowest BCUT2D eigenvalue weighted by molar-refractivity contribution is -0.119. The van der Waals surface area contributed by atoms with Gasteiger partial charge in [0.25, 0.3) is 0 Å². The lowest BCUT2D eigenvalue weighted by Gasteiger charge is -2.16. The highest BCUT2D eigenvalue weighted by Crippen LogP contribution is 2.24. The van der Waals surface area contributed by atoms with Crippen LogP contribution in [0.25, 0.3) is 11.4 Å². The number of thioether (sulfide) groups is 1. The first kappa shape index (κ1) is 20.6. The Kier molecular flexibility index (Phi) is 6.44. The van der Waals surface area contributed by atoms with Gasteiger partial charge in [-0.1, -0.05) is 54.2 Å². The monoisotopic (exact) mass is 425 g/mol. The highest BCUT2D eigenvalue weighted by molar-refractivity contribution is 7.99. The van der Waals surface area contributed by atoms with Crippen LogP contribution in [0.5, 0.6) is 0 Å². The zero-order valence-electron chi connectivity index (χ0n) is 16.8. The van der Waals surface area contributed by atoms with Crippen molar-refractivity contribution in [1.82, 2.24) is 25.0 Å². The molecular formula is C22H24FN5OS. The Balaban J connectivity index is 1.27. The molecule has 1 aliphatic rings. The molecule has 8 heteroatoms. The van der Waals surface area contributed by atoms with Gasteiger partial charge in [-0.25, -0.2) is 4.39 Å². The molecule has 6 nitrogen and oxygen atoms in total. The Morgan fingerprint density at radius 2 is 1.93 bits per heavy atom. The molecule has 1 aromatic heterocycles. The van der Waals surface area contributed by atoms with E-state index < -0.39 is 0 Å². The van der Waals surface area contributed by atoms with Crippen LogP contribution in [0.15, 0.2) is 59.8 Å². The van der Waals surface area contributed by atoms with Gasteiger partial charge in [-0.2, -0.15) is 0 Å². The fourth-order valence-electron chi connectivity index (χ4n) is 3.65. The molecule has 4 rings (SSSR count). The Bertz CT molecular complexity index is 1010. The van der Waals surface area contributed by atoms with Gasteiger partial charge in [0.1, 0.15) is 5.82 Å². The number of nitrogens with zero attached hydrogens (tertiary/aromatic N) is 4. The first-order valence-corrected chi connectivity index (χ1v) is 10.9. The molecular weight excluding hydrogens is 401 g/mol. The van der Waals surface area contributed by atoms with Gasteiger partial charge in [0.05, 0.1) is 11.3 Å². The van der Waals surface area contributed by atoms with Crippen molar-refractivity contribution in [3.8, 4) is 11.4 Å². The summed E-state index contributed by atoms with van der Waals surface area (Å²) >= 11 is 1.30. The van der Waals surface area contributed by atoms with Crippen molar-refractivity contribution in [2.45, 2.75) is 24.2 Å². The average Bonchev–Trinajstić information content (AvgIpc) is 3.34. The summed E-state index contributed by atoms with van der Waals surface area (Å²) in [5.74, 6) is 0.326. The third kappa shape index (κ3) is 4.88. The molecule has 2 aromatic carbocycles. The van der Waals surface area contributed by atoms with Crippen molar-refractivity contribution in [2.75, 3.05) is 18.8 Å². The van der Waals surface area contributed by atoms with E-state index in [4.69, 9.17) is 0 Å². The molecule has 0 radical (unpaired) electrons. The van der Waals surface area contributed by atoms with Crippen molar-refractivity contribution in [2.24, 2.45) is 7.05 Å². The quantitative estimate of drug-likeness (QED) is 0.590. The van der Waals surface area contributed by atoms with E-state index in [1.54, 1.807) is 29.8 Å². The predicted octanol–water partition coefficient (Wildman–Crippen LogP) is 3.10. The molecule has 0 bridgehead atoms. The minimum absolute atomic E-state index is 0.0259. The van der Waals surface area contributed by atoms with Crippen LogP contribution in [0.4, 0.5) is 4.39 Å². The van der Waals surface area contributed by atoms with Crippen LogP contribution in [-0.4, -0.2) is 50.5 Å². The minimum Gasteiger partial charge on any atom is -0.351 e. The molecule has 1 amide bonds. The normalized spacial score (nSPS) is 16.7. The van der Waals surface area contributed by atoms with E-state index >= 15 is 0 Å². The first-order chi connectivity index (χ1) is 14.6. The summed E-state index contributed by atoms with van der Waals surface area (Å²) in [6.45, 7) is 2.73. The lowest BCUT2D eigenvalue weighted by Crippen LogP contribution is -2.38. The fourth-order valence-corrected chi connectivity index (χ4v) is 4.38. The Labute approximate surface area is 179 Å². The molecule has 156 valence electrons. The van der Waals surface area contributed by atoms with Gasteiger partial charge in [-0.3, -0.25) is 9.69 Å². The van der Waals surface area contributed by atoms with E-state index in [-0.39, 0.29) is 23.5 Å². The lowest BCUT2D eigenvalue weighted by atomic mass is 10.2. The molecule has 1 atom stereocenters. The summed E-state index contributed by atoms with van der Waals surface area (Å²) < 4.78 is 15.7. The number of carbonyl (C=O) groups excluding carboxylic acids is 1. The number of hydrogen-bond acceptors (Lipinski definition) is 5. The molecule has 1 N–H and O–H groups in total. The van der Waals surface area contributed by atoms with Gasteiger partial charge in [0.2, 0.25) is 5.91 Å². The maximum absolute atomic E-state index is 14.0. The molecule has 0 saturated carbocycles. The van der Waals surface area contributed by atoms with Gasteiger partial charge in [-0.15, -0.1) is 10.2 Å². The molecule has 30 heavy (non-hydrogen) atoms. The number of likely N-dealkylation sites (tertiary alicyclic amines) is 1. The molecule has 1 fully saturated rings. The second-order valence-corrected chi connectivity index (χ2v) is 8.35. The average molecular weight is 426 g/mol. The van der Waals surface area contributed by atoms with Crippen molar-refractivity contribution < 1.29 is 9.18 Å². The van der Waals surface area contributed by atoms with Crippen molar-refractivity contribution >= 4 is 17.7 Å². The summed E-state index contributed by atoms with van der Waals surface area (Å²) in [4.78, 5) is 14.8. The van der Waals surface area contributed by atoms with Crippen molar-refractivity contribution in [3.63, 3.8) is 0 Å². The van der Waals surface area contributed by atoms with Crippen molar-refractivity contribution in [1.29, 1.82) is 0 Å². The van der Waals surface area contributed by atoms with E-state index in [9.17, 15) is 9.18 Å². The minimum atomic E-state index is -0.344. The highest BCUT2D eigenvalue weighted by Gasteiger charge is 2.24. The van der Waals surface area contributed by atoms with Crippen LogP contribution in [0.1, 0.15) is 12.0 Å². The van der Waals surface area contributed by atoms with Gasteiger partial charge >= 0.3 is 0 Å². The number of carbonyl (C=O) groups is 1. The smallest absolute Gasteiger partial charge is 0.230 e. The molecule has 1 aliphatic heterocycles. The van der Waals surface area contributed by atoms with Gasteiger partial charge in [0, 0.05) is 32.7 Å². The summed E-state index contributed by atoms with van der Waals surface area (Å²) in [5, 5.41) is 11.9. The second-order valence-electron chi connectivity index (χ2n) is 7.41. The Morgan fingerprint density at radius 1 is 1.17 bits per heavy atom. The Morgan fingerprint density at radius 3 is 2.73 bits per heavy atom. The van der Waals surface area contributed by atoms with Crippen LogP contribution >= 0.6 is 11.8 Å². The van der Waals surface area contributed by atoms with Gasteiger partial charge < -0.3 is 9.88 Å². The standard InChI is InChI=1S/C22H24FN5OS/c1-27-21(18-9-5-6-10-19(18)23)25-26-22(27)30-15-20(29)24-17-11-12-28(14-17)13-16-7-3-2-4-8-16/h2-10,17H,11-15H2,1H3,(H,24,29)/t17-/m0/s1. The molecule has 0 unspecified atom stereocenters. The number of amides is 1. The summed E-state index contributed by atoms with van der Waals surface area (Å²) in [7, 11) is 1.78. The first-order valence-electron chi connectivity index (χ1n) is 9.93. The summed E-state index contributed by atoms with van der Waals surface area (Å²) in [6, 6.07) is 17.0. The van der Waals surface area contributed by atoms with Crippen LogP contribution in [-0.2, 0) is 18.4 Å². The molecule has 3 aromatic rings. The molecule has 0 aliphatic carbocycles. The zero-order chi connectivity index (χ0) is 20.9. The van der Waals surface area contributed by atoms with Crippen LogP contribution in [0.2, 0.25) is 0 Å². The molecule has 1 saturated heterocycles. The third-order valence-corrected chi connectivity index (χ3v) is 6.19. The number of rotatable bonds is 7. The van der Waals surface area contributed by atoms with E-state index in [1.165, 1.54) is 23.4 Å². The topological polar surface area (TPSA) is 63.1 Å². The number of nitrogens with one attached hydrogen (secondary N) is 1. The van der Waals surface area contributed by atoms with E-state index in [1.807, 2.05) is 18.2 Å². The van der Waals surface area contributed by atoms with E-state index in [0.717, 1.165) is 26.1 Å². The van der Waals surface area contributed by atoms with Gasteiger partial charge in [0.15, 0.2) is 11.0 Å².